The van der Waals surface area contributed by atoms with Gasteiger partial charge in [-0.3, -0.25) is 5.43 Å². The van der Waals surface area contributed by atoms with Gasteiger partial charge in [-0.25, -0.2) is 4.79 Å². The highest BCUT2D eigenvalue weighted by atomic mass is 79.9. The van der Waals surface area contributed by atoms with E-state index in [4.69, 9.17) is 10.5 Å². The number of hydrazone groups is 1. The first-order valence-corrected chi connectivity index (χ1v) is 5.43. The lowest BCUT2D eigenvalue weighted by atomic mass is 10.2. The second-order valence-corrected chi connectivity index (χ2v) is 3.89. The topological polar surface area (TPSA) is 98.3 Å². The molecule has 0 aliphatic heterocycles. The molecule has 1 aromatic carbocycles. The Morgan fingerprint density at radius 1 is 1.44 bits per heavy atom. The Kier molecular flexibility index (Phi) is 4.85. The maximum atomic E-state index is 11.5. The third-order valence-electron chi connectivity index (χ3n) is 1.89. The Labute approximate surface area is 112 Å². The number of rotatable bonds is 3. The Hall–Kier alpha value is -2.38. The minimum absolute atomic E-state index is 0.242. The number of benzene rings is 1. The zero-order valence-electron chi connectivity index (χ0n) is 9.27. The summed E-state index contributed by atoms with van der Waals surface area (Å²) in [5.74, 6) is -0.551. The van der Waals surface area contributed by atoms with Crippen LogP contribution in [0.15, 0.2) is 27.8 Å². The van der Waals surface area contributed by atoms with Gasteiger partial charge < -0.3 is 4.74 Å². The second-order valence-electron chi connectivity index (χ2n) is 2.98. The van der Waals surface area contributed by atoms with Crippen molar-refractivity contribution < 1.29 is 9.53 Å². The van der Waals surface area contributed by atoms with Gasteiger partial charge in [0.2, 0.25) is 5.71 Å². The Bertz CT molecular complexity index is 568. The van der Waals surface area contributed by atoms with Gasteiger partial charge in [0.05, 0.1) is 18.4 Å². The number of methoxy groups -OCH3 is 1. The SMILES string of the molecule is COC(=O)c1cc(Br)ccc1NN=C(C#N)C#N. The molecule has 0 aromatic heterocycles. The van der Waals surface area contributed by atoms with E-state index in [0.29, 0.717) is 10.2 Å². The highest BCUT2D eigenvalue weighted by molar-refractivity contribution is 9.10. The molecule has 0 radical (unpaired) electrons. The fraction of sp³-hybridized carbons (Fsp3) is 0.0909. The molecule has 0 aliphatic rings. The van der Waals surface area contributed by atoms with Crippen LogP contribution in [0.2, 0.25) is 0 Å². The summed E-state index contributed by atoms with van der Waals surface area (Å²) in [4.78, 5) is 11.5. The number of ether oxygens (including phenoxy) is 1. The largest absolute Gasteiger partial charge is 0.465 e. The fourth-order valence-electron chi connectivity index (χ4n) is 1.08. The summed E-state index contributed by atoms with van der Waals surface area (Å²) in [5, 5.41) is 20.6. The summed E-state index contributed by atoms with van der Waals surface area (Å²) >= 11 is 3.23. The van der Waals surface area contributed by atoms with E-state index in [1.165, 1.54) is 7.11 Å². The number of carbonyl (C=O) groups is 1. The third kappa shape index (κ3) is 3.30. The summed E-state index contributed by atoms with van der Waals surface area (Å²) in [6.45, 7) is 0. The van der Waals surface area contributed by atoms with Crippen LogP contribution in [-0.2, 0) is 4.74 Å². The highest BCUT2D eigenvalue weighted by Crippen LogP contribution is 2.21. The average Bonchev–Trinajstić information content (AvgIpc) is 2.40. The highest BCUT2D eigenvalue weighted by Gasteiger charge is 2.12. The number of nitriles is 2. The van der Waals surface area contributed by atoms with Gasteiger partial charge in [-0.1, -0.05) is 15.9 Å². The van der Waals surface area contributed by atoms with Gasteiger partial charge in [0.25, 0.3) is 0 Å². The molecule has 18 heavy (non-hydrogen) atoms. The van der Waals surface area contributed by atoms with Crippen molar-refractivity contribution >= 4 is 33.3 Å². The van der Waals surface area contributed by atoms with E-state index in [2.05, 4.69) is 31.2 Å². The zero-order valence-corrected chi connectivity index (χ0v) is 10.9. The zero-order chi connectivity index (χ0) is 13.5. The maximum Gasteiger partial charge on any atom is 0.340 e. The first-order valence-electron chi connectivity index (χ1n) is 4.64. The molecule has 0 spiro atoms. The Morgan fingerprint density at radius 2 is 2.11 bits per heavy atom. The van der Waals surface area contributed by atoms with Crippen LogP contribution >= 0.6 is 15.9 Å². The molecule has 0 heterocycles. The smallest absolute Gasteiger partial charge is 0.340 e. The molecule has 1 N–H and O–H groups in total. The molecule has 0 unspecified atom stereocenters. The van der Waals surface area contributed by atoms with Crippen LogP contribution < -0.4 is 5.43 Å². The van der Waals surface area contributed by atoms with Gasteiger partial charge in [-0.05, 0) is 18.2 Å². The van der Waals surface area contributed by atoms with Crippen molar-refractivity contribution in [1.29, 1.82) is 10.5 Å². The molecular formula is C11H7BrN4O2. The van der Waals surface area contributed by atoms with Crippen molar-refractivity contribution in [1.82, 2.24) is 0 Å². The molecule has 90 valence electrons. The summed E-state index contributed by atoms with van der Waals surface area (Å²) in [6, 6.07) is 8.00. The van der Waals surface area contributed by atoms with E-state index in [-0.39, 0.29) is 11.3 Å². The molecular weight excluding hydrogens is 300 g/mol. The van der Waals surface area contributed by atoms with Crippen LogP contribution in [0.3, 0.4) is 0 Å². The molecule has 0 saturated heterocycles. The minimum Gasteiger partial charge on any atom is -0.465 e. The summed E-state index contributed by atoms with van der Waals surface area (Å²) in [6.07, 6.45) is 0. The molecule has 0 atom stereocenters. The number of anilines is 1. The molecule has 0 fully saturated rings. The predicted octanol–water partition coefficient (Wildman–Crippen LogP) is 2.05. The summed E-state index contributed by atoms with van der Waals surface area (Å²) in [7, 11) is 1.26. The third-order valence-corrected chi connectivity index (χ3v) is 2.38. The maximum absolute atomic E-state index is 11.5. The van der Waals surface area contributed by atoms with E-state index in [1.807, 2.05) is 0 Å². The normalized spacial score (nSPS) is 8.67. The lowest BCUT2D eigenvalue weighted by Gasteiger charge is -2.07. The summed E-state index contributed by atoms with van der Waals surface area (Å²) in [5.41, 5.74) is 2.72. The molecule has 6 nitrogen and oxygen atoms in total. The van der Waals surface area contributed by atoms with Crippen LogP contribution in [0.4, 0.5) is 5.69 Å². The number of esters is 1. The van der Waals surface area contributed by atoms with Gasteiger partial charge in [0.15, 0.2) is 0 Å². The van der Waals surface area contributed by atoms with Crippen LogP contribution in [0, 0.1) is 22.7 Å². The number of nitrogens with one attached hydrogen (secondary N) is 1. The number of nitrogens with zero attached hydrogens (tertiary/aromatic N) is 3. The van der Waals surface area contributed by atoms with Gasteiger partial charge in [0.1, 0.15) is 12.1 Å². The monoisotopic (exact) mass is 306 g/mol. The fourth-order valence-corrected chi connectivity index (χ4v) is 1.45. The molecule has 0 amide bonds. The quantitative estimate of drug-likeness (QED) is 0.523. The van der Waals surface area contributed by atoms with Crippen molar-refractivity contribution in [2.24, 2.45) is 5.10 Å². The van der Waals surface area contributed by atoms with Crippen molar-refractivity contribution in [2.45, 2.75) is 0 Å². The Morgan fingerprint density at radius 3 is 2.67 bits per heavy atom. The lowest BCUT2D eigenvalue weighted by Crippen LogP contribution is -2.06. The standard InChI is InChI=1S/C11H7BrN4O2/c1-18-11(17)9-4-7(12)2-3-10(9)16-15-8(5-13)6-14/h2-4,16H,1H3. The molecule has 0 bridgehead atoms. The molecule has 0 saturated carbocycles. The van der Waals surface area contributed by atoms with Crippen LogP contribution in [0.1, 0.15) is 10.4 Å². The van der Waals surface area contributed by atoms with E-state index >= 15 is 0 Å². The minimum atomic E-state index is -0.551. The molecule has 7 heteroatoms. The van der Waals surface area contributed by atoms with E-state index < -0.39 is 5.97 Å². The van der Waals surface area contributed by atoms with E-state index in [0.717, 1.165) is 0 Å². The number of carbonyl (C=O) groups excluding carboxylic acids is 1. The van der Waals surface area contributed by atoms with Crippen LogP contribution in [0.5, 0.6) is 0 Å². The van der Waals surface area contributed by atoms with Gasteiger partial charge >= 0.3 is 5.97 Å². The van der Waals surface area contributed by atoms with Crippen molar-refractivity contribution in [2.75, 3.05) is 12.5 Å². The van der Waals surface area contributed by atoms with Crippen LogP contribution in [-0.4, -0.2) is 18.8 Å². The first-order chi connectivity index (χ1) is 8.62. The number of hydrogen-bond acceptors (Lipinski definition) is 6. The number of hydrogen-bond donors (Lipinski definition) is 1. The second kappa shape index (κ2) is 6.38. The van der Waals surface area contributed by atoms with Crippen molar-refractivity contribution in [3.63, 3.8) is 0 Å². The van der Waals surface area contributed by atoms with Gasteiger partial charge in [-0.15, -0.1) is 0 Å². The average molecular weight is 307 g/mol. The summed E-state index contributed by atoms with van der Waals surface area (Å²) < 4.78 is 5.31. The molecule has 1 rings (SSSR count). The first kappa shape index (κ1) is 13.7. The molecule has 0 aliphatic carbocycles. The predicted molar refractivity (Wildman–Crippen MR) is 67.8 cm³/mol. The van der Waals surface area contributed by atoms with Crippen LogP contribution in [0.25, 0.3) is 0 Å². The van der Waals surface area contributed by atoms with E-state index in [9.17, 15) is 4.79 Å². The lowest BCUT2D eigenvalue weighted by molar-refractivity contribution is 0.0601. The van der Waals surface area contributed by atoms with E-state index in [1.54, 1.807) is 30.3 Å². The molecule has 1 aromatic rings. The Balaban J connectivity index is 3.11. The van der Waals surface area contributed by atoms with Crippen molar-refractivity contribution in [3.8, 4) is 12.1 Å². The number of halogens is 1. The van der Waals surface area contributed by atoms with Gasteiger partial charge in [0, 0.05) is 4.47 Å². The van der Waals surface area contributed by atoms with Crippen molar-refractivity contribution in [3.05, 3.63) is 28.2 Å². The van der Waals surface area contributed by atoms with Gasteiger partial charge in [-0.2, -0.15) is 15.6 Å².